The number of hydrogen-bond acceptors (Lipinski definition) is 4. The molecule has 1 fully saturated rings. The van der Waals surface area contributed by atoms with Crippen LogP contribution in [-0.4, -0.2) is 23.2 Å². The smallest absolute Gasteiger partial charge is 0.234 e. The highest BCUT2D eigenvalue weighted by Gasteiger charge is 2.42. The van der Waals surface area contributed by atoms with Crippen LogP contribution >= 0.6 is 0 Å². The molecule has 1 saturated heterocycles. The molecule has 0 aliphatic carbocycles. The summed E-state index contributed by atoms with van der Waals surface area (Å²) in [7, 11) is 0. The summed E-state index contributed by atoms with van der Waals surface area (Å²) in [4.78, 5) is 4.17. The Morgan fingerprint density at radius 3 is 2.92 bits per heavy atom. The Morgan fingerprint density at radius 1 is 1.62 bits per heavy atom. The Labute approximate surface area is 77.7 Å². The van der Waals surface area contributed by atoms with Crippen LogP contribution in [0.2, 0.25) is 0 Å². The van der Waals surface area contributed by atoms with Gasteiger partial charge in [-0.3, -0.25) is 0 Å². The Morgan fingerprint density at radius 2 is 2.46 bits per heavy atom. The van der Waals surface area contributed by atoms with Crippen molar-refractivity contribution in [1.29, 1.82) is 0 Å². The molecule has 4 nitrogen and oxygen atoms in total. The summed E-state index contributed by atoms with van der Waals surface area (Å²) in [6.45, 7) is 6.40. The monoisotopic (exact) mass is 181 g/mol. The summed E-state index contributed by atoms with van der Waals surface area (Å²) in [5.41, 5.74) is 0.0660. The van der Waals surface area contributed by atoms with Crippen molar-refractivity contribution in [2.24, 2.45) is 5.92 Å². The molecule has 1 atom stereocenters. The van der Waals surface area contributed by atoms with Crippen molar-refractivity contribution in [3.05, 3.63) is 12.2 Å². The van der Waals surface area contributed by atoms with Gasteiger partial charge < -0.3 is 9.84 Å². The molecule has 1 unspecified atom stereocenters. The number of rotatable bonds is 2. The van der Waals surface area contributed by atoms with Gasteiger partial charge in [-0.2, -0.15) is 4.98 Å². The molecule has 13 heavy (non-hydrogen) atoms. The summed E-state index contributed by atoms with van der Waals surface area (Å²) < 4.78 is 5.18. The molecule has 0 spiro atoms. The summed E-state index contributed by atoms with van der Waals surface area (Å²) in [5, 5.41) is 7.04. The van der Waals surface area contributed by atoms with Crippen molar-refractivity contribution in [1.82, 2.24) is 15.5 Å². The zero-order chi connectivity index (χ0) is 9.31. The van der Waals surface area contributed by atoms with Crippen LogP contribution in [0.25, 0.3) is 0 Å². The average Bonchev–Trinajstić information content (AvgIpc) is 2.75. The van der Waals surface area contributed by atoms with Crippen molar-refractivity contribution >= 4 is 0 Å². The van der Waals surface area contributed by atoms with Gasteiger partial charge in [-0.1, -0.05) is 19.0 Å². The molecule has 0 radical (unpaired) electrons. The highest BCUT2D eigenvalue weighted by atomic mass is 16.5. The number of nitrogens with zero attached hydrogens (tertiary/aromatic N) is 2. The fourth-order valence-electron chi connectivity index (χ4n) is 2.03. The highest BCUT2D eigenvalue weighted by Crippen LogP contribution is 2.36. The molecule has 1 aromatic heterocycles. The Bertz CT molecular complexity index is 262. The second kappa shape index (κ2) is 3.10. The summed E-state index contributed by atoms with van der Waals surface area (Å²) in [6.07, 6.45) is 2.57. The molecule has 2 heterocycles. The second-order valence-corrected chi connectivity index (χ2v) is 3.98. The van der Waals surface area contributed by atoms with Gasteiger partial charge >= 0.3 is 0 Å². The molecule has 0 amide bonds. The largest absolute Gasteiger partial charge is 0.339 e. The van der Waals surface area contributed by atoms with Gasteiger partial charge in [-0.25, -0.2) is 0 Å². The molecular formula is C9H15N3O. The van der Waals surface area contributed by atoms with E-state index in [9.17, 15) is 0 Å². The van der Waals surface area contributed by atoms with E-state index < -0.39 is 0 Å². The van der Waals surface area contributed by atoms with Gasteiger partial charge in [-0.05, 0) is 18.9 Å². The zero-order valence-electron chi connectivity index (χ0n) is 8.08. The van der Waals surface area contributed by atoms with Gasteiger partial charge in [0.25, 0.3) is 0 Å². The fraction of sp³-hybridized carbons (Fsp3) is 0.778. The third kappa shape index (κ3) is 1.25. The van der Waals surface area contributed by atoms with Crippen LogP contribution in [0.4, 0.5) is 0 Å². The number of aromatic nitrogens is 2. The predicted molar refractivity (Wildman–Crippen MR) is 48.3 cm³/mol. The molecule has 1 aliphatic rings. The van der Waals surface area contributed by atoms with E-state index in [1.807, 2.05) is 0 Å². The van der Waals surface area contributed by atoms with Crippen LogP contribution in [0.5, 0.6) is 0 Å². The maximum atomic E-state index is 5.18. The van der Waals surface area contributed by atoms with E-state index in [0.29, 0.717) is 5.92 Å². The molecule has 0 aromatic carbocycles. The quantitative estimate of drug-likeness (QED) is 0.738. The molecule has 4 heteroatoms. The summed E-state index contributed by atoms with van der Waals surface area (Å²) in [6, 6.07) is 0. The maximum absolute atomic E-state index is 5.18. The van der Waals surface area contributed by atoms with Crippen LogP contribution in [0.3, 0.4) is 0 Å². The van der Waals surface area contributed by atoms with E-state index in [1.54, 1.807) is 0 Å². The molecular weight excluding hydrogens is 166 g/mol. The van der Waals surface area contributed by atoms with Crippen molar-refractivity contribution in [2.45, 2.75) is 25.7 Å². The Kier molecular flexibility index (Phi) is 2.07. The second-order valence-electron chi connectivity index (χ2n) is 3.98. The van der Waals surface area contributed by atoms with Crippen LogP contribution in [0.1, 0.15) is 26.2 Å². The SMILES string of the molecule is CC(C)C1(c2ncno2)CCNC1. The number of hydrogen-bond donors (Lipinski definition) is 1. The first-order valence-electron chi connectivity index (χ1n) is 4.73. The predicted octanol–water partition coefficient (Wildman–Crippen LogP) is 0.957. The van der Waals surface area contributed by atoms with E-state index in [1.165, 1.54) is 6.33 Å². The van der Waals surface area contributed by atoms with Gasteiger partial charge in [0.1, 0.15) is 0 Å². The maximum Gasteiger partial charge on any atom is 0.234 e. The minimum Gasteiger partial charge on any atom is -0.339 e. The van der Waals surface area contributed by atoms with Gasteiger partial charge in [0, 0.05) is 6.54 Å². The van der Waals surface area contributed by atoms with Crippen molar-refractivity contribution in [3.63, 3.8) is 0 Å². The van der Waals surface area contributed by atoms with Gasteiger partial charge in [0.15, 0.2) is 6.33 Å². The molecule has 1 aliphatic heterocycles. The van der Waals surface area contributed by atoms with Crippen molar-refractivity contribution < 1.29 is 4.52 Å². The summed E-state index contributed by atoms with van der Waals surface area (Å²) >= 11 is 0. The van der Waals surface area contributed by atoms with Gasteiger partial charge in [0.2, 0.25) is 5.89 Å². The standard InChI is InChI=1S/C9H15N3O/c1-7(2)9(3-4-10-5-9)8-11-6-12-13-8/h6-7,10H,3-5H2,1-2H3. The lowest BCUT2D eigenvalue weighted by Gasteiger charge is -2.27. The molecule has 1 N–H and O–H groups in total. The molecule has 0 saturated carbocycles. The first-order valence-corrected chi connectivity index (χ1v) is 4.73. The normalized spacial score (nSPS) is 28.5. The van der Waals surface area contributed by atoms with Crippen LogP contribution in [-0.2, 0) is 5.41 Å². The number of nitrogens with one attached hydrogen (secondary N) is 1. The average molecular weight is 181 g/mol. The Hall–Kier alpha value is -0.900. The molecule has 2 rings (SSSR count). The van der Waals surface area contributed by atoms with Crippen LogP contribution < -0.4 is 5.32 Å². The first kappa shape index (κ1) is 8.69. The third-order valence-corrected chi connectivity index (χ3v) is 3.08. The topological polar surface area (TPSA) is 51.0 Å². The zero-order valence-corrected chi connectivity index (χ0v) is 8.08. The first-order chi connectivity index (χ1) is 6.26. The van der Waals surface area contributed by atoms with E-state index >= 15 is 0 Å². The van der Waals surface area contributed by atoms with E-state index in [2.05, 4.69) is 29.3 Å². The van der Waals surface area contributed by atoms with Gasteiger partial charge in [-0.15, -0.1) is 0 Å². The lowest BCUT2D eigenvalue weighted by Crippen LogP contribution is -2.35. The minimum atomic E-state index is 0.0660. The third-order valence-electron chi connectivity index (χ3n) is 3.08. The van der Waals surface area contributed by atoms with Gasteiger partial charge in [0.05, 0.1) is 5.41 Å². The molecule has 72 valence electrons. The minimum absolute atomic E-state index is 0.0660. The summed E-state index contributed by atoms with van der Waals surface area (Å²) in [5.74, 6) is 1.32. The highest BCUT2D eigenvalue weighted by molar-refractivity contribution is 5.10. The van der Waals surface area contributed by atoms with Crippen LogP contribution in [0, 0.1) is 5.92 Å². The van der Waals surface area contributed by atoms with Crippen molar-refractivity contribution in [2.75, 3.05) is 13.1 Å². The lowest BCUT2D eigenvalue weighted by molar-refractivity contribution is 0.234. The van der Waals surface area contributed by atoms with Crippen LogP contribution in [0.15, 0.2) is 10.9 Å². The van der Waals surface area contributed by atoms with Crippen molar-refractivity contribution in [3.8, 4) is 0 Å². The molecule has 0 bridgehead atoms. The lowest BCUT2D eigenvalue weighted by atomic mass is 9.76. The fourth-order valence-corrected chi connectivity index (χ4v) is 2.03. The molecule has 1 aromatic rings. The van der Waals surface area contributed by atoms with E-state index in [-0.39, 0.29) is 5.41 Å². The Balaban J connectivity index is 2.33. The van der Waals surface area contributed by atoms with E-state index in [4.69, 9.17) is 4.52 Å². The van der Waals surface area contributed by atoms with E-state index in [0.717, 1.165) is 25.4 Å².